The van der Waals surface area contributed by atoms with E-state index < -0.39 is 0 Å². The Morgan fingerprint density at radius 2 is 1.59 bits per heavy atom. The minimum Gasteiger partial charge on any atom is -0.380 e. The lowest BCUT2D eigenvalue weighted by Crippen LogP contribution is -2.17. The van der Waals surface area contributed by atoms with Crippen LogP contribution in [0.25, 0.3) is 33.6 Å². The summed E-state index contributed by atoms with van der Waals surface area (Å²) in [5.74, 6) is -0.605. The minimum absolute atomic E-state index is 0.132. The third-order valence-electron chi connectivity index (χ3n) is 6.23. The third-order valence-corrected chi connectivity index (χ3v) is 6.23. The SMILES string of the molecule is CC(CCc1ccccc1)Nc1[c]c(-c2ccnc(-c3ccc(F)cc3)c2)cnc1-c1cccc(F)c1. The standard InChI is InChI=1S/C32H26F2N3/c1-22(10-11-23-6-3-2-4-7-23)37-31-20-27(21-36-32(31)26-8-5-9-29(34)18-26)25-16-17-35-30(19-25)24-12-14-28(33)15-13-24/h2-9,12-19,21-22,37H,10-11H2,1H3. The first-order valence-electron chi connectivity index (χ1n) is 12.3. The monoisotopic (exact) mass is 490 g/mol. The Hall–Kier alpha value is -4.38. The van der Waals surface area contributed by atoms with Crippen molar-refractivity contribution in [1.82, 2.24) is 9.97 Å². The van der Waals surface area contributed by atoms with E-state index in [1.807, 2.05) is 36.4 Å². The van der Waals surface area contributed by atoms with Crippen molar-refractivity contribution in [1.29, 1.82) is 0 Å². The van der Waals surface area contributed by atoms with Crippen LogP contribution in [0.15, 0.2) is 103 Å². The molecule has 0 amide bonds. The number of rotatable bonds is 8. The van der Waals surface area contributed by atoms with Crippen molar-refractivity contribution in [3.63, 3.8) is 0 Å². The highest BCUT2D eigenvalue weighted by molar-refractivity contribution is 5.79. The zero-order chi connectivity index (χ0) is 25.6. The molecule has 5 rings (SSSR count). The first-order valence-corrected chi connectivity index (χ1v) is 12.3. The highest BCUT2D eigenvalue weighted by Gasteiger charge is 2.14. The first kappa shape index (κ1) is 24.3. The smallest absolute Gasteiger partial charge is 0.123 e. The second-order valence-electron chi connectivity index (χ2n) is 9.04. The van der Waals surface area contributed by atoms with Crippen molar-refractivity contribution in [2.45, 2.75) is 25.8 Å². The van der Waals surface area contributed by atoms with E-state index >= 15 is 0 Å². The fourth-order valence-corrected chi connectivity index (χ4v) is 4.25. The molecule has 183 valence electrons. The zero-order valence-corrected chi connectivity index (χ0v) is 20.5. The van der Waals surface area contributed by atoms with Gasteiger partial charge in [-0.05, 0) is 79.4 Å². The predicted octanol–water partition coefficient (Wildman–Crippen LogP) is 7.99. The molecule has 1 atom stereocenters. The maximum atomic E-state index is 14.0. The van der Waals surface area contributed by atoms with E-state index in [0.29, 0.717) is 16.9 Å². The van der Waals surface area contributed by atoms with Gasteiger partial charge in [0.05, 0.1) is 17.1 Å². The first-order chi connectivity index (χ1) is 18.0. The number of hydrogen-bond donors (Lipinski definition) is 1. The summed E-state index contributed by atoms with van der Waals surface area (Å²) in [5, 5.41) is 3.56. The number of hydrogen-bond acceptors (Lipinski definition) is 3. The van der Waals surface area contributed by atoms with Gasteiger partial charge in [0, 0.05) is 41.2 Å². The van der Waals surface area contributed by atoms with Crippen molar-refractivity contribution >= 4 is 5.69 Å². The summed E-state index contributed by atoms with van der Waals surface area (Å²) in [6, 6.07) is 30.5. The molecule has 37 heavy (non-hydrogen) atoms. The molecular weight excluding hydrogens is 464 g/mol. The molecule has 3 nitrogen and oxygen atoms in total. The maximum absolute atomic E-state index is 14.0. The Balaban J connectivity index is 1.47. The lowest BCUT2D eigenvalue weighted by atomic mass is 10.0. The summed E-state index contributed by atoms with van der Waals surface area (Å²) in [6.45, 7) is 2.12. The second kappa shape index (κ2) is 11.1. The molecule has 3 aromatic carbocycles. The van der Waals surface area contributed by atoms with Crippen LogP contribution < -0.4 is 5.32 Å². The molecule has 0 spiro atoms. The van der Waals surface area contributed by atoms with E-state index in [9.17, 15) is 8.78 Å². The van der Waals surface area contributed by atoms with Gasteiger partial charge in [0.2, 0.25) is 0 Å². The van der Waals surface area contributed by atoms with Gasteiger partial charge in [-0.1, -0.05) is 42.5 Å². The van der Waals surface area contributed by atoms with Gasteiger partial charge in [0.1, 0.15) is 11.6 Å². The number of nitrogens with one attached hydrogen (secondary N) is 1. The Labute approximate surface area is 215 Å². The molecule has 0 aliphatic carbocycles. The van der Waals surface area contributed by atoms with Crippen LogP contribution in [0, 0.1) is 17.7 Å². The van der Waals surface area contributed by atoms with Gasteiger partial charge in [-0.15, -0.1) is 0 Å². The Kier molecular flexibility index (Phi) is 7.31. The van der Waals surface area contributed by atoms with Gasteiger partial charge in [-0.2, -0.15) is 0 Å². The summed E-state index contributed by atoms with van der Waals surface area (Å²) in [7, 11) is 0. The molecule has 1 N–H and O–H groups in total. The van der Waals surface area contributed by atoms with Crippen LogP contribution >= 0.6 is 0 Å². The molecule has 5 heteroatoms. The van der Waals surface area contributed by atoms with E-state index in [0.717, 1.165) is 35.2 Å². The van der Waals surface area contributed by atoms with Gasteiger partial charge in [0.15, 0.2) is 0 Å². The average molecular weight is 491 g/mol. The maximum Gasteiger partial charge on any atom is 0.123 e. The Morgan fingerprint density at radius 3 is 2.38 bits per heavy atom. The van der Waals surface area contributed by atoms with Crippen LogP contribution in [0.3, 0.4) is 0 Å². The number of pyridine rings is 2. The molecule has 0 aliphatic heterocycles. The highest BCUT2D eigenvalue weighted by Crippen LogP contribution is 2.32. The molecule has 0 bridgehead atoms. The summed E-state index contributed by atoms with van der Waals surface area (Å²) in [5.41, 5.74) is 6.53. The van der Waals surface area contributed by atoms with Gasteiger partial charge >= 0.3 is 0 Å². The lowest BCUT2D eigenvalue weighted by molar-refractivity contribution is 0.627. The molecule has 0 aliphatic rings. The number of halogens is 2. The molecular formula is C32H26F2N3. The number of anilines is 1. The predicted molar refractivity (Wildman–Crippen MR) is 145 cm³/mol. The van der Waals surface area contributed by atoms with Gasteiger partial charge in [-0.25, -0.2) is 8.78 Å². The molecule has 0 saturated heterocycles. The molecule has 0 saturated carbocycles. The zero-order valence-electron chi connectivity index (χ0n) is 20.5. The summed E-state index contributed by atoms with van der Waals surface area (Å²) < 4.78 is 27.4. The number of aromatic nitrogens is 2. The van der Waals surface area contributed by atoms with E-state index in [2.05, 4.69) is 35.4 Å². The normalized spacial score (nSPS) is 11.8. The van der Waals surface area contributed by atoms with Crippen LogP contribution in [-0.2, 0) is 6.42 Å². The van der Waals surface area contributed by atoms with Crippen molar-refractivity contribution in [3.05, 3.63) is 127 Å². The quantitative estimate of drug-likeness (QED) is 0.240. The largest absolute Gasteiger partial charge is 0.380 e. The Bertz CT molecular complexity index is 1480. The second-order valence-corrected chi connectivity index (χ2v) is 9.04. The summed E-state index contributed by atoms with van der Waals surface area (Å²) in [6.07, 6.45) is 5.30. The van der Waals surface area contributed by atoms with Crippen LogP contribution in [0.5, 0.6) is 0 Å². The summed E-state index contributed by atoms with van der Waals surface area (Å²) in [4.78, 5) is 9.17. The fourth-order valence-electron chi connectivity index (χ4n) is 4.25. The van der Waals surface area contributed by atoms with E-state index in [1.54, 1.807) is 30.6 Å². The van der Waals surface area contributed by atoms with Crippen molar-refractivity contribution in [2.75, 3.05) is 5.32 Å². The topological polar surface area (TPSA) is 37.8 Å². The average Bonchev–Trinajstić information content (AvgIpc) is 2.93. The highest BCUT2D eigenvalue weighted by atomic mass is 19.1. The van der Waals surface area contributed by atoms with Crippen LogP contribution in [0.1, 0.15) is 18.9 Å². The number of benzene rings is 3. The van der Waals surface area contributed by atoms with Crippen LogP contribution in [-0.4, -0.2) is 16.0 Å². The molecule has 2 aromatic heterocycles. The fraction of sp³-hybridized carbons (Fsp3) is 0.125. The molecule has 5 aromatic rings. The molecule has 2 heterocycles. The van der Waals surface area contributed by atoms with E-state index in [4.69, 9.17) is 4.98 Å². The van der Waals surface area contributed by atoms with Crippen LogP contribution in [0.4, 0.5) is 14.5 Å². The molecule has 0 fully saturated rings. The Morgan fingerprint density at radius 1 is 0.784 bits per heavy atom. The number of aryl methyl sites for hydroxylation is 1. The van der Waals surface area contributed by atoms with Crippen LogP contribution in [0.2, 0.25) is 0 Å². The van der Waals surface area contributed by atoms with Gasteiger partial charge in [0.25, 0.3) is 0 Å². The molecule has 1 unspecified atom stereocenters. The van der Waals surface area contributed by atoms with E-state index in [1.165, 1.54) is 29.8 Å². The van der Waals surface area contributed by atoms with E-state index in [-0.39, 0.29) is 17.7 Å². The lowest BCUT2D eigenvalue weighted by Gasteiger charge is -2.19. The van der Waals surface area contributed by atoms with Crippen molar-refractivity contribution in [2.24, 2.45) is 0 Å². The van der Waals surface area contributed by atoms with Crippen molar-refractivity contribution in [3.8, 4) is 33.6 Å². The molecule has 1 radical (unpaired) electrons. The van der Waals surface area contributed by atoms with Crippen molar-refractivity contribution < 1.29 is 8.78 Å². The van der Waals surface area contributed by atoms with Gasteiger partial charge < -0.3 is 5.32 Å². The minimum atomic E-state index is -0.315. The summed E-state index contributed by atoms with van der Waals surface area (Å²) >= 11 is 0. The third kappa shape index (κ3) is 6.07. The number of nitrogens with zero attached hydrogens (tertiary/aromatic N) is 2. The van der Waals surface area contributed by atoms with Gasteiger partial charge in [-0.3, -0.25) is 9.97 Å².